The smallest absolute Gasteiger partial charge is 0.246 e. The van der Waals surface area contributed by atoms with E-state index in [9.17, 15) is 0 Å². The summed E-state index contributed by atoms with van der Waals surface area (Å²) < 4.78 is 0. The van der Waals surface area contributed by atoms with E-state index >= 15 is 0 Å². The first-order chi connectivity index (χ1) is 9.90. The molecule has 0 unspecified atom stereocenters. The number of aromatic nitrogens is 2. The molecule has 0 atom stereocenters. The molecule has 0 saturated heterocycles. The standard InChI is InChI=1S/C18H12N2.Cu/c1-3-7-15-13(5-1)9-11-17(19-15)18-12-10-14-6-2-4-8-16(14)20-18;/h1-12H;/q;+1. The fourth-order valence-corrected chi connectivity index (χ4v) is 2.42. The van der Waals surface area contributed by atoms with Crippen LogP contribution in [0.5, 0.6) is 0 Å². The number of benzene rings is 2. The van der Waals surface area contributed by atoms with Crippen LogP contribution in [0.3, 0.4) is 0 Å². The Bertz CT molecular complexity index is 841. The first-order valence-electron chi connectivity index (χ1n) is 6.62. The van der Waals surface area contributed by atoms with Crippen molar-refractivity contribution in [2.45, 2.75) is 0 Å². The molecule has 2 aromatic carbocycles. The Labute approximate surface area is 133 Å². The first kappa shape index (κ1) is 13.7. The van der Waals surface area contributed by atoms with Crippen molar-refractivity contribution in [1.29, 1.82) is 0 Å². The topological polar surface area (TPSA) is 25.8 Å². The number of rotatable bonds is 1. The van der Waals surface area contributed by atoms with Crippen molar-refractivity contribution >= 4 is 21.8 Å². The Hall–Kier alpha value is -2.22. The second-order valence-electron chi connectivity index (χ2n) is 4.78. The summed E-state index contributed by atoms with van der Waals surface area (Å²) in [5, 5.41) is 2.30. The van der Waals surface area contributed by atoms with Crippen LogP contribution in [0.25, 0.3) is 33.2 Å². The fraction of sp³-hybridized carbons (Fsp3) is 0. The monoisotopic (exact) mass is 319 g/mol. The minimum absolute atomic E-state index is 0. The zero-order chi connectivity index (χ0) is 13.4. The fourth-order valence-electron chi connectivity index (χ4n) is 2.42. The molecule has 0 spiro atoms. The maximum atomic E-state index is 4.69. The van der Waals surface area contributed by atoms with Crippen molar-refractivity contribution in [3.63, 3.8) is 0 Å². The van der Waals surface area contributed by atoms with Crippen molar-refractivity contribution < 1.29 is 17.1 Å². The van der Waals surface area contributed by atoms with Gasteiger partial charge in [0.05, 0.1) is 22.4 Å². The molecule has 0 radical (unpaired) electrons. The van der Waals surface area contributed by atoms with Crippen LogP contribution < -0.4 is 0 Å². The van der Waals surface area contributed by atoms with Crippen LogP contribution in [-0.2, 0) is 17.1 Å². The van der Waals surface area contributed by atoms with Gasteiger partial charge in [0.2, 0.25) is 0 Å². The molecule has 21 heavy (non-hydrogen) atoms. The van der Waals surface area contributed by atoms with Crippen LogP contribution in [-0.4, -0.2) is 9.97 Å². The second kappa shape index (κ2) is 5.64. The minimum atomic E-state index is 0. The van der Waals surface area contributed by atoms with Crippen LogP contribution in [0.1, 0.15) is 0 Å². The van der Waals surface area contributed by atoms with Gasteiger partial charge in [-0.1, -0.05) is 48.5 Å². The molecule has 0 N–H and O–H groups in total. The average Bonchev–Trinajstić information content (AvgIpc) is 2.54. The molecule has 3 heteroatoms. The number of hydrogen-bond acceptors (Lipinski definition) is 2. The van der Waals surface area contributed by atoms with Gasteiger partial charge in [0.25, 0.3) is 0 Å². The van der Waals surface area contributed by atoms with Crippen molar-refractivity contribution in [2.75, 3.05) is 0 Å². The van der Waals surface area contributed by atoms with Crippen molar-refractivity contribution in [1.82, 2.24) is 9.97 Å². The predicted octanol–water partition coefficient (Wildman–Crippen LogP) is 4.45. The summed E-state index contributed by atoms with van der Waals surface area (Å²) in [6.07, 6.45) is 0. The molecular formula is C18H12CuN2+. The third-order valence-electron chi connectivity index (χ3n) is 3.46. The van der Waals surface area contributed by atoms with E-state index in [4.69, 9.17) is 0 Å². The van der Waals surface area contributed by atoms with Gasteiger partial charge >= 0.3 is 17.1 Å². The average molecular weight is 320 g/mol. The van der Waals surface area contributed by atoms with E-state index < -0.39 is 0 Å². The third kappa shape index (κ3) is 2.54. The maximum Gasteiger partial charge on any atom is 1.00 e. The molecule has 2 aromatic heterocycles. The largest absolute Gasteiger partial charge is 1.00 e. The molecule has 0 aliphatic heterocycles. The van der Waals surface area contributed by atoms with Gasteiger partial charge in [-0.3, -0.25) is 0 Å². The van der Waals surface area contributed by atoms with Gasteiger partial charge in [-0.05, 0) is 24.3 Å². The zero-order valence-corrected chi connectivity index (χ0v) is 12.1. The van der Waals surface area contributed by atoms with Crippen LogP contribution in [0.2, 0.25) is 0 Å². The zero-order valence-electron chi connectivity index (χ0n) is 11.1. The molecule has 4 aromatic rings. The number of nitrogens with zero attached hydrogens (tertiary/aromatic N) is 2. The Morgan fingerprint density at radius 1 is 0.476 bits per heavy atom. The summed E-state index contributed by atoms with van der Waals surface area (Å²) in [5.74, 6) is 0. The van der Waals surface area contributed by atoms with Gasteiger partial charge in [0, 0.05) is 10.8 Å². The van der Waals surface area contributed by atoms with Crippen LogP contribution in [0.4, 0.5) is 0 Å². The Morgan fingerprint density at radius 3 is 1.38 bits per heavy atom. The maximum absolute atomic E-state index is 4.69. The predicted molar refractivity (Wildman–Crippen MR) is 82.5 cm³/mol. The van der Waals surface area contributed by atoms with Gasteiger partial charge in [0.15, 0.2) is 0 Å². The summed E-state index contributed by atoms with van der Waals surface area (Å²) in [7, 11) is 0. The number of para-hydroxylation sites is 2. The number of pyridine rings is 2. The van der Waals surface area contributed by atoms with Gasteiger partial charge < -0.3 is 0 Å². The van der Waals surface area contributed by atoms with Crippen molar-refractivity contribution in [2.24, 2.45) is 0 Å². The molecule has 0 bridgehead atoms. The molecular weight excluding hydrogens is 308 g/mol. The van der Waals surface area contributed by atoms with Crippen LogP contribution in [0, 0.1) is 0 Å². The molecule has 2 heterocycles. The van der Waals surface area contributed by atoms with E-state index in [1.54, 1.807) is 0 Å². The van der Waals surface area contributed by atoms with E-state index in [1.165, 1.54) is 0 Å². The van der Waals surface area contributed by atoms with Crippen molar-refractivity contribution in [3.8, 4) is 11.4 Å². The summed E-state index contributed by atoms with van der Waals surface area (Å²) in [6, 6.07) is 24.5. The molecule has 2 nitrogen and oxygen atoms in total. The van der Waals surface area contributed by atoms with Gasteiger partial charge in [0.1, 0.15) is 0 Å². The molecule has 0 fully saturated rings. The molecule has 0 aliphatic carbocycles. The van der Waals surface area contributed by atoms with Crippen molar-refractivity contribution in [3.05, 3.63) is 72.8 Å². The third-order valence-corrected chi connectivity index (χ3v) is 3.46. The van der Waals surface area contributed by atoms with E-state index in [0.717, 1.165) is 33.2 Å². The van der Waals surface area contributed by atoms with Crippen LogP contribution in [0.15, 0.2) is 72.8 Å². The number of fused-ring (bicyclic) bond motifs is 2. The Balaban J connectivity index is 0.00000132. The summed E-state index contributed by atoms with van der Waals surface area (Å²) in [5.41, 5.74) is 3.82. The summed E-state index contributed by atoms with van der Waals surface area (Å²) in [6.45, 7) is 0. The molecule has 104 valence electrons. The van der Waals surface area contributed by atoms with E-state index in [2.05, 4.69) is 34.2 Å². The van der Waals surface area contributed by atoms with Gasteiger partial charge in [-0.25, -0.2) is 9.97 Å². The van der Waals surface area contributed by atoms with E-state index in [-0.39, 0.29) is 17.1 Å². The summed E-state index contributed by atoms with van der Waals surface area (Å²) >= 11 is 0. The minimum Gasteiger partial charge on any atom is -0.246 e. The Kier molecular flexibility index (Phi) is 3.70. The van der Waals surface area contributed by atoms with Crippen LogP contribution >= 0.6 is 0 Å². The molecule has 0 amide bonds. The Morgan fingerprint density at radius 2 is 0.905 bits per heavy atom. The first-order valence-corrected chi connectivity index (χ1v) is 6.62. The normalized spacial score (nSPS) is 10.5. The quantitative estimate of drug-likeness (QED) is 0.484. The molecule has 4 rings (SSSR count). The number of hydrogen-bond donors (Lipinski definition) is 0. The van der Waals surface area contributed by atoms with E-state index in [0.29, 0.717) is 0 Å². The van der Waals surface area contributed by atoms with Gasteiger partial charge in [-0.2, -0.15) is 0 Å². The van der Waals surface area contributed by atoms with Gasteiger partial charge in [-0.15, -0.1) is 0 Å². The molecule has 0 saturated carbocycles. The van der Waals surface area contributed by atoms with E-state index in [1.807, 2.05) is 48.5 Å². The second-order valence-corrected chi connectivity index (χ2v) is 4.78. The SMILES string of the molecule is [Cu+].c1ccc2nc(-c3ccc4ccccc4n3)ccc2c1. The summed E-state index contributed by atoms with van der Waals surface area (Å²) in [4.78, 5) is 9.38. The molecule has 0 aliphatic rings.